The molecule has 0 radical (unpaired) electrons. The summed E-state index contributed by atoms with van der Waals surface area (Å²) in [5, 5.41) is 5.51. The number of ether oxygens (including phenoxy) is 1. The zero-order valence-corrected chi connectivity index (χ0v) is 18.7. The fraction of sp³-hybridized carbons (Fsp3) is 0.391. The second-order valence-electron chi connectivity index (χ2n) is 7.39. The monoisotopic (exact) mass is 411 g/mol. The third-order valence-corrected chi connectivity index (χ3v) is 5.74. The van der Waals surface area contributed by atoms with Crippen molar-refractivity contribution in [2.75, 3.05) is 11.9 Å². The summed E-state index contributed by atoms with van der Waals surface area (Å²) in [6, 6.07) is 8.24. The number of aromatic nitrogens is 2. The molecule has 0 bridgehead atoms. The third-order valence-electron chi connectivity index (χ3n) is 4.98. The van der Waals surface area contributed by atoms with Gasteiger partial charge in [-0.2, -0.15) is 0 Å². The average molecular weight is 412 g/mol. The molecule has 0 saturated heterocycles. The molecular weight excluding hydrogens is 382 g/mol. The van der Waals surface area contributed by atoms with E-state index in [-0.39, 0.29) is 12.3 Å². The van der Waals surface area contributed by atoms with Crippen molar-refractivity contribution in [3.05, 3.63) is 52.2 Å². The van der Waals surface area contributed by atoms with E-state index in [1.807, 2.05) is 31.4 Å². The van der Waals surface area contributed by atoms with Gasteiger partial charge < -0.3 is 14.6 Å². The fourth-order valence-electron chi connectivity index (χ4n) is 3.38. The van der Waals surface area contributed by atoms with Gasteiger partial charge in [-0.3, -0.25) is 4.79 Å². The first-order valence-electron chi connectivity index (χ1n) is 10.0. The highest BCUT2D eigenvalue weighted by molar-refractivity contribution is 7.14. The Morgan fingerprint density at radius 1 is 1.21 bits per heavy atom. The Labute approximate surface area is 176 Å². The molecule has 0 aliphatic rings. The van der Waals surface area contributed by atoms with Gasteiger partial charge in [-0.05, 0) is 57.4 Å². The van der Waals surface area contributed by atoms with Crippen LogP contribution in [0.25, 0.3) is 11.3 Å². The smallest absolute Gasteiger partial charge is 0.229 e. The topological polar surface area (TPSA) is 56.2 Å². The quantitative estimate of drug-likeness (QED) is 0.520. The lowest BCUT2D eigenvalue weighted by molar-refractivity contribution is -0.116. The van der Waals surface area contributed by atoms with E-state index in [2.05, 4.69) is 47.8 Å². The van der Waals surface area contributed by atoms with Gasteiger partial charge in [0.15, 0.2) is 5.13 Å². The number of nitrogens with zero attached hydrogens (tertiary/aromatic N) is 2. The lowest BCUT2D eigenvalue weighted by Gasteiger charge is -2.09. The number of carbonyl (C=O) groups is 1. The van der Waals surface area contributed by atoms with Crippen LogP contribution in [0.15, 0.2) is 29.6 Å². The van der Waals surface area contributed by atoms with Crippen molar-refractivity contribution in [1.29, 1.82) is 0 Å². The van der Waals surface area contributed by atoms with Crippen molar-refractivity contribution in [2.45, 2.75) is 54.0 Å². The lowest BCUT2D eigenvalue weighted by atomic mass is 10.1. The average Bonchev–Trinajstić information content (AvgIpc) is 3.24. The lowest BCUT2D eigenvalue weighted by Crippen LogP contribution is -2.15. The fourth-order valence-corrected chi connectivity index (χ4v) is 4.11. The molecular formula is C23H29N3O2S. The number of hydrogen-bond donors (Lipinski definition) is 1. The highest BCUT2D eigenvalue weighted by atomic mass is 32.1. The van der Waals surface area contributed by atoms with Crippen LogP contribution in [0.2, 0.25) is 0 Å². The van der Waals surface area contributed by atoms with E-state index in [1.165, 1.54) is 22.7 Å². The Morgan fingerprint density at radius 3 is 2.76 bits per heavy atom. The molecule has 5 nitrogen and oxygen atoms in total. The van der Waals surface area contributed by atoms with Crippen molar-refractivity contribution in [3.63, 3.8) is 0 Å². The van der Waals surface area contributed by atoms with Crippen LogP contribution >= 0.6 is 11.3 Å². The van der Waals surface area contributed by atoms with E-state index in [4.69, 9.17) is 4.74 Å². The predicted octanol–water partition coefficient (Wildman–Crippen LogP) is 5.66. The van der Waals surface area contributed by atoms with Crippen LogP contribution in [-0.2, 0) is 11.3 Å². The van der Waals surface area contributed by atoms with Crippen LogP contribution in [0.4, 0.5) is 5.13 Å². The molecule has 0 fully saturated rings. The van der Waals surface area contributed by atoms with Crippen LogP contribution < -0.4 is 10.1 Å². The van der Waals surface area contributed by atoms with Gasteiger partial charge in [-0.1, -0.05) is 19.1 Å². The zero-order chi connectivity index (χ0) is 21.0. The number of anilines is 1. The maximum atomic E-state index is 12.3. The van der Waals surface area contributed by atoms with Crippen molar-refractivity contribution < 1.29 is 9.53 Å². The maximum absolute atomic E-state index is 12.3. The first-order chi connectivity index (χ1) is 13.9. The number of benzene rings is 1. The van der Waals surface area contributed by atoms with Crippen molar-refractivity contribution >= 4 is 22.4 Å². The minimum atomic E-state index is -0.0901. The largest absolute Gasteiger partial charge is 0.493 e. The molecule has 1 aromatic carbocycles. The molecule has 0 aliphatic carbocycles. The van der Waals surface area contributed by atoms with Gasteiger partial charge in [0.2, 0.25) is 5.91 Å². The summed E-state index contributed by atoms with van der Waals surface area (Å²) in [6.45, 7) is 11.8. The molecule has 1 N–H and O–H groups in total. The number of amides is 1. The summed E-state index contributed by atoms with van der Waals surface area (Å²) >= 11 is 1.45. The normalized spacial score (nSPS) is 10.9. The number of nitrogens with one attached hydrogen (secondary N) is 1. The predicted molar refractivity (Wildman–Crippen MR) is 120 cm³/mol. The van der Waals surface area contributed by atoms with Gasteiger partial charge in [0.1, 0.15) is 5.75 Å². The molecule has 0 saturated carbocycles. The van der Waals surface area contributed by atoms with Crippen molar-refractivity contribution in [2.24, 2.45) is 0 Å². The standard InChI is InChI=1S/C23H29N3O2S/c1-6-10-26-17(4)13-19(18(26)5)20-14-29-23(24-20)25-22(27)9-11-28-21-12-15(2)7-8-16(21)3/h7-8,12-14H,6,9-11H2,1-5H3,(H,24,25,27). The first-order valence-corrected chi connectivity index (χ1v) is 10.9. The maximum Gasteiger partial charge on any atom is 0.229 e. The highest BCUT2D eigenvalue weighted by Crippen LogP contribution is 2.30. The molecule has 1 amide bonds. The van der Waals surface area contributed by atoms with E-state index >= 15 is 0 Å². The second-order valence-corrected chi connectivity index (χ2v) is 8.25. The molecule has 0 aliphatic heterocycles. The molecule has 0 atom stereocenters. The van der Waals surface area contributed by atoms with Crippen LogP contribution in [0.3, 0.4) is 0 Å². The van der Waals surface area contributed by atoms with Gasteiger partial charge in [0.25, 0.3) is 0 Å². The van der Waals surface area contributed by atoms with E-state index in [0.717, 1.165) is 41.1 Å². The minimum Gasteiger partial charge on any atom is -0.493 e. The van der Waals surface area contributed by atoms with Crippen molar-refractivity contribution in [1.82, 2.24) is 9.55 Å². The minimum absolute atomic E-state index is 0.0901. The number of rotatable bonds is 8. The first kappa shape index (κ1) is 21.1. The zero-order valence-electron chi connectivity index (χ0n) is 17.8. The van der Waals surface area contributed by atoms with Gasteiger partial charge in [-0.25, -0.2) is 4.98 Å². The summed E-state index contributed by atoms with van der Waals surface area (Å²) in [5.41, 5.74) is 6.71. The Bertz CT molecular complexity index is 1000. The summed E-state index contributed by atoms with van der Waals surface area (Å²) in [6.07, 6.45) is 1.38. The summed E-state index contributed by atoms with van der Waals surface area (Å²) in [5.74, 6) is 0.740. The Hall–Kier alpha value is -2.60. The molecule has 29 heavy (non-hydrogen) atoms. The van der Waals surface area contributed by atoms with Gasteiger partial charge >= 0.3 is 0 Å². The molecule has 0 unspecified atom stereocenters. The number of thiazole rings is 1. The molecule has 0 spiro atoms. The molecule has 2 heterocycles. The summed E-state index contributed by atoms with van der Waals surface area (Å²) in [4.78, 5) is 16.9. The molecule has 2 aromatic heterocycles. The number of carbonyl (C=O) groups excluding carboxylic acids is 1. The van der Waals surface area contributed by atoms with Gasteiger partial charge in [0.05, 0.1) is 18.7 Å². The van der Waals surface area contributed by atoms with Crippen LogP contribution in [0.1, 0.15) is 42.3 Å². The molecule has 3 aromatic rings. The summed E-state index contributed by atoms with van der Waals surface area (Å²) < 4.78 is 8.09. The van der Waals surface area contributed by atoms with E-state index in [9.17, 15) is 4.79 Å². The van der Waals surface area contributed by atoms with Crippen molar-refractivity contribution in [3.8, 4) is 17.0 Å². The number of hydrogen-bond acceptors (Lipinski definition) is 4. The Balaban J connectivity index is 1.58. The Morgan fingerprint density at radius 2 is 2.00 bits per heavy atom. The molecule has 3 rings (SSSR count). The van der Waals surface area contributed by atoms with Crippen LogP contribution in [0.5, 0.6) is 5.75 Å². The van der Waals surface area contributed by atoms with Gasteiger partial charge in [0, 0.05) is 28.9 Å². The molecule has 154 valence electrons. The third kappa shape index (κ3) is 5.07. The van der Waals surface area contributed by atoms with Crippen LogP contribution in [-0.4, -0.2) is 22.1 Å². The van der Waals surface area contributed by atoms with E-state index in [0.29, 0.717) is 11.7 Å². The second kappa shape index (κ2) is 9.27. The summed E-state index contributed by atoms with van der Waals surface area (Å²) in [7, 11) is 0. The van der Waals surface area contributed by atoms with E-state index in [1.54, 1.807) is 0 Å². The van der Waals surface area contributed by atoms with Crippen LogP contribution in [0, 0.1) is 27.7 Å². The number of aryl methyl sites for hydroxylation is 3. The molecule has 6 heteroatoms. The van der Waals surface area contributed by atoms with Gasteiger partial charge in [-0.15, -0.1) is 11.3 Å². The SMILES string of the molecule is CCCn1c(C)cc(-c2csc(NC(=O)CCOc3cc(C)ccc3C)n2)c1C. The highest BCUT2D eigenvalue weighted by Gasteiger charge is 2.14. The van der Waals surface area contributed by atoms with E-state index < -0.39 is 0 Å². The Kier molecular flexibility index (Phi) is 6.75.